The van der Waals surface area contributed by atoms with Gasteiger partial charge in [-0.2, -0.15) is 13.2 Å². The summed E-state index contributed by atoms with van der Waals surface area (Å²) in [6.07, 6.45) is -1.57. The Labute approximate surface area is 242 Å². The van der Waals surface area contributed by atoms with Crippen molar-refractivity contribution >= 4 is 26.8 Å². The minimum atomic E-state index is -4.48. The number of fused-ring (bicyclic) bond motifs is 1. The van der Waals surface area contributed by atoms with E-state index < -0.39 is 28.5 Å². The monoisotopic (exact) mass is 606 g/mol. The van der Waals surface area contributed by atoms with Crippen LogP contribution in [0.5, 0.6) is 5.75 Å². The molecule has 3 aromatic rings. The molecule has 4 rings (SSSR count). The number of piperidine rings is 1. The van der Waals surface area contributed by atoms with Crippen LogP contribution in [0.25, 0.3) is 11.0 Å². The van der Waals surface area contributed by atoms with Crippen LogP contribution in [0, 0.1) is 17.8 Å². The van der Waals surface area contributed by atoms with Gasteiger partial charge in [0, 0.05) is 44.6 Å². The van der Waals surface area contributed by atoms with Crippen LogP contribution in [-0.2, 0) is 21.1 Å². The second kappa shape index (κ2) is 13.1. The lowest BCUT2D eigenvalue weighted by Gasteiger charge is -2.37. The van der Waals surface area contributed by atoms with E-state index in [9.17, 15) is 26.4 Å². The van der Waals surface area contributed by atoms with E-state index in [-0.39, 0.29) is 40.1 Å². The predicted octanol–water partition coefficient (Wildman–Crippen LogP) is 3.52. The van der Waals surface area contributed by atoms with Crippen LogP contribution in [0.2, 0.25) is 0 Å². The predicted molar refractivity (Wildman–Crippen MR) is 151 cm³/mol. The number of benzene rings is 2. The van der Waals surface area contributed by atoms with Gasteiger partial charge in [-0.25, -0.2) is 13.4 Å². The molecule has 1 saturated heterocycles. The first-order chi connectivity index (χ1) is 19.8. The van der Waals surface area contributed by atoms with Crippen LogP contribution < -0.4 is 10.1 Å². The van der Waals surface area contributed by atoms with Crippen molar-refractivity contribution in [1.82, 2.24) is 19.8 Å². The number of hydrogen-bond donors (Lipinski definition) is 1. The second-order valence-electron chi connectivity index (χ2n) is 10.4. The molecule has 9 nitrogen and oxygen atoms in total. The molecule has 13 heteroatoms. The first-order valence-electron chi connectivity index (χ1n) is 13.3. The number of nitrogens with zero attached hydrogens (tertiary/aromatic N) is 3. The van der Waals surface area contributed by atoms with Gasteiger partial charge in [-0.05, 0) is 48.7 Å². The number of carbonyl (C=O) groups excluding carboxylic acids is 1. The molecule has 1 amide bonds. The Balaban J connectivity index is 1.54. The average molecular weight is 607 g/mol. The number of ether oxygens (including phenoxy) is 2. The summed E-state index contributed by atoms with van der Waals surface area (Å²) in [5.74, 6) is 5.80. The fourth-order valence-electron chi connectivity index (χ4n) is 4.88. The van der Waals surface area contributed by atoms with Crippen molar-refractivity contribution in [3.05, 3.63) is 53.9 Å². The molecule has 0 saturated carbocycles. The molecule has 1 aliphatic heterocycles. The third-order valence-corrected chi connectivity index (χ3v) is 8.16. The maximum absolute atomic E-state index is 13.5. The van der Waals surface area contributed by atoms with Crippen LogP contribution in [0.1, 0.15) is 29.3 Å². The van der Waals surface area contributed by atoms with Crippen LogP contribution in [0.15, 0.2) is 47.6 Å². The summed E-state index contributed by atoms with van der Waals surface area (Å²) in [6, 6.07) is 8.73. The number of hydrogen-bond acceptors (Lipinski definition) is 7. The van der Waals surface area contributed by atoms with Gasteiger partial charge in [-0.3, -0.25) is 4.79 Å². The number of imidazole rings is 1. The molecule has 0 bridgehead atoms. The van der Waals surface area contributed by atoms with Gasteiger partial charge < -0.3 is 24.3 Å². The van der Waals surface area contributed by atoms with Crippen molar-refractivity contribution in [2.45, 2.75) is 37.0 Å². The molecule has 2 heterocycles. The standard InChI is InChI=1S/C29H33F3N4O5S/c1-20-17-35(12-14-40-2)11-10-25(20)34-28(37)24-15-21(16-26-27(24)33-19-36(26)18-29(30,31)32)5-4-13-41-22-6-8-23(9-7-22)42(3,38)39/h6-9,15-16,19-20,25H,10-14,17-18H2,1-3H3,(H,34,37)/t20-,25-/m0/s1. The number of amides is 1. The first-order valence-corrected chi connectivity index (χ1v) is 15.2. The Morgan fingerprint density at radius 1 is 1.21 bits per heavy atom. The van der Waals surface area contributed by atoms with Crippen LogP contribution in [-0.4, -0.2) is 87.2 Å². The molecule has 2 atom stereocenters. The van der Waals surface area contributed by atoms with E-state index in [0.29, 0.717) is 17.9 Å². The second-order valence-corrected chi connectivity index (χ2v) is 12.4. The number of nitrogens with one attached hydrogen (secondary N) is 1. The Hall–Kier alpha value is -3.60. The number of halogens is 3. The molecule has 1 aromatic heterocycles. The highest BCUT2D eigenvalue weighted by atomic mass is 32.2. The first kappa shape index (κ1) is 31.3. The molecule has 1 fully saturated rings. The molecule has 42 heavy (non-hydrogen) atoms. The zero-order valence-corrected chi connectivity index (χ0v) is 24.4. The molecule has 0 aliphatic carbocycles. The Bertz CT molecular complexity index is 1580. The molecule has 0 unspecified atom stereocenters. The third-order valence-electron chi connectivity index (χ3n) is 7.03. The summed E-state index contributed by atoms with van der Waals surface area (Å²) in [5, 5.41) is 3.06. The minimum Gasteiger partial charge on any atom is -0.481 e. The molecule has 226 valence electrons. The Morgan fingerprint density at radius 3 is 2.60 bits per heavy atom. The van der Waals surface area contributed by atoms with Gasteiger partial charge in [-0.1, -0.05) is 18.8 Å². The zero-order valence-electron chi connectivity index (χ0n) is 23.6. The van der Waals surface area contributed by atoms with Gasteiger partial charge in [0.2, 0.25) is 0 Å². The molecule has 2 aromatic carbocycles. The van der Waals surface area contributed by atoms with E-state index in [2.05, 4.69) is 27.0 Å². The van der Waals surface area contributed by atoms with Crippen molar-refractivity contribution in [2.24, 2.45) is 5.92 Å². The molecule has 1 N–H and O–H groups in total. The number of carbonyl (C=O) groups is 1. The summed E-state index contributed by atoms with van der Waals surface area (Å²) in [4.78, 5) is 20.0. The van der Waals surface area contributed by atoms with Gasteiger partial charge in [0.25, 0.3) is 5.91 Å². The minimum absolute atomic E-state index is 0.0707. The van der Waals surface area contributed by atoms with Gasteiger partial charge in [0.05, 0.1) is 28.9 Å². The highest BCUT2D eigenvalue weighted by Crippen LogP contribution is 2.26. The third kappa shape index (κ3) is 8.24. The lowest BCUT2D eigenvalue weighted by Crippen LogP contribution is -2.50. The quantitative estimate of drug-likeness (QED) is 0.372. The Morgan fingerprint density at radius 2 is 1.95 bits per heavy atom. The average Bonchev–Trinajstić information content (AvgIpc) is 3.31. The lowest BCUT2D eigenvalue weighted by atomic mass is 9.93. The molecule has 0 radical (unpaired) electrons. The largest absolute Gasteiger partial charge is 0.481 e. The highest BCUT2D eigenvalue weighted by Gasteiger charge is 2.31. The van der Waals surface area contributed by atoms with E-state index in [4.69, 9.17) is 9.47 Å². The number of aromatic nitrogens is 2. The van der Waals surface area contributed by atoms with Gasteiger partial charge >= 0.3 is 6.18 Å². The number of rotatable bonds is 9. The fourth-order valence-corrected chi connectivity index (χ4v) is 5.51. The maximum Gasteiger partial charge on any atom is 0.406 e. The van der Waals surface area contributed by atoms with Crippen LogP contribution in [0.3, 0.4) is 0 Å². The summed E-state index contributed by atoms with van der Waals surface area (Å²) in [6.45, 7) is 3.72. The van der Waals surface area contributed by atoms with E-state index in [0.717, 1.165) is 43.2 Å². The van der Waals surface area contributed by atoms with Gasteiger partial charge in [-0.15, -0.1) is 0 Å². The summed E-state index contributed by atoms with van der Waals surface area (Å²) >= 11 is 0. The van der Waals surface area contributed by atoms with Crippen molar-refractivity contribution in [3.63, 3.8) is 0 Å². The van der Waals surface area contributed by atoms with Crippen molar-refractivity contribution < 1.29 is 35.9 Å². The van der Waals surface area contributed by atoms with Crippen molar-refractivity contribution in [3.8, 4) is 17.6 Å². The summed E-state index contributed by atoms with van der Waals surface area (Å²) in [7, 11) is -1.69. The molecular formula is C29H33F3N4O5S. The fraction of sp³-hybridized carbons (Fsp3) is 0.448. The maximum atomic E-state index is 13.5. The van der Waals surface area contributed by atoms with Crippen LogP contribution in [0.4, 0.5) is 13.2 Å². The highest BCUT2D eigenvalue weighted by molar-refractivity contribution is 7.90. The van der Waals surface area contributed by atoms with E-state index in [1.165, 1.54) is 36.4 Å². The van der Waals surface area contributed by atoms with Crippen molar-refractivity contribution in [1.29, 1.82) is 0 Å². The van der Waals surface area contributed by atoms with Gasteiger partial charge in [0.15, 0.2) is 9.84 Å². The van der Waals surface area contributed by atoms with Crippen LogP contribution >= 0.6 is 0 Å². The summed E-state index contributed by atoms with van der Waals surface area (Å²) in [5.41, 5.74) is 0.776. The van der Waals surface area contributed by atoms with E-state index in [1.54, 1.807) is 7.11 Å². The van der Waals surface area contributed by atoms with Gasteiger partial charge in [0.1, 0.15) is 24.4 Å². The van der Waals surface area contributed by atoms with E-state index >= 15 is 0 Å². The normalized spacial score (nSPS) is 18.0. The number of methoxy groups -OCH3 is 1. The molecule has 1 aliphatic rings. The lowest BCUT2D eigenvalue weighted by molar-refractivity contribution is -0.139. The topological polar surface area (TPSA) is 103 Å². The molecule has 0 spiro atoms. The number of likely N-dealkylation sites (tertiary alicyclic amines) is 1. The number of alkyl halides is 3. The number of sulfone groups is 1. The Kier molecular flexibility index (Phi) is 9.81. The molecular weight excluding hydrogens is 573 g/mol. The van der Waals surface area contributed by atoms with Crippen molar-refractivity contribution in [2.75, 3.05) is 46.2 Å². The van der Waals surface area contributed by atoms with E-state index in [1.807, 2.05) is 6.92 Å². The SMILES string of the molecule is COCCN1CC[C@H](NC(=O)c2cc(C#CCOc3ccc(S(C)(=O)=O)cc3)cc3c2ncn3CC(F)(F)F)[C@@H](C)C1. The zero-order chi connectivity index (χ0) is 30.5. The summed E-state index contributed by atoms with van der Waals surface area (Å²) < 4.78 is 74.7. The smallest absolute Gasteiger partial charge is 0.406 e.